The predicted octanol–water partition coefficient (Wildman–Crippen LogP) is -10.5. The molecule has 22 saturated heterocycles. The monoisotopic (exact) mass is 1970 g/mol. The second kappa shape index (κ2) is 47.8. The van der Waals surface area contributed by atoms with Gasteiger partial charge in [-0.05, 0) is 66.2 Å². The minimum absolute atomic E-state index is 0.0390. The van der Waals surface area contributed by atoms with Crippen LogP contribution in [-0.2, 0) is 111 Å². The van der Waals surface area contributed by atoms with Crippen molar-refractivity contribution in [2.75, 3.05) is 52.8 Å². The molecule has 50 heteroatoms. The number of hydrogen-bond donors (Lipinski definition) is 24. The zero-order valence-corrected chi connectivity index (χ0v) is 73.3. The van der Waals surface area contributed by atoms with Gasteiger partial charge in [-0.25, -0.2) is 19.2 Å². The number of rotatable bonds is 25. The first-order valence-corrected chi connectivity index (χ1v) is 44.4. The van der Waals surface area contributed by atoms with E-state index in [-0.39, 0.29) is 33.6 Å². The van der Waals surface area contributed by atoms with Crippen molar-refractivity contribution >= 4 is 41.6 Å². The van der Waals surface area contributed by atoms with Crippen LogP contribution in [-0.4, -0.2) is 453 Å². The molecule has 0 spiro atoms. The Kier molecular flexibility index (Phi) is 36.3. The van der Waals surface area contributed by atoms with Gasteiger partial charge in [-0.3, -0.25) is 14.4 Å². The number of phenols is 1. The van der Waals surface area contributed by atoms with Gasteiger partial charge in [-0.15, -0.1) is 0 Å². The summed E-state index contributed by atoms with van der Waals surface area (Å²) in [5.41, 5.74) is 0.0767. The SMILES string of the molecule is O=C(CCC(=O)N[C@@H](Cc1ccc(O)cc1)C(=O)N[C@@H]1O[C@H](COC(=O)c2ccccc2)[C@@H](OC(=O)c2ccccc2)[C@H](OC(=O)c2ccccc2)[C@@H]1OC(=O)c1ccccc1)NC[C@@H]1O[C@@H]2O[C@H]3[C@@H](O)[C@H](O)[C@@H](O[C@H]4[C@H](O)[C@H](O)[C@@H](O[C@H]5[C@H](O)[C@@H](O)[C@@H](O[C@H]6[C@H](O)[C@@H](O)[C@@H](O[C@H]7[C@H](O)[C@@H](O)[C@@H](O[C@H]8[C@H](O)[C@@H](O)[C@@H](O[C@H]1[C@H](O)[C@H]2O)O[C@H]8CO)O[C@H]7CO)O[C@H]6CO)O[C@@H]5CO)O[C@@H]4CO)O[C@@H]3CO. The lowest BCUT2D eigenvalue weighted by Crippen LogP contribution is -2.68. The van der Waals surface area contributed by atoms with Crippen LogP contribution < -0.4 is 16.0 Å². The van der Waals surface area contributed by atoms with Crippen molar-refractivity contribution in [1.82, 2.24) is 16.0 Å². The van der Waals surface area contributed by atoms with Gasteiger partial charge in [0.05, 0.1) is 61.9 Å². The maximum atomic E-state index is 15.4. The Morgan fingerprint density at radius 3 is 0.878 bits per heavy atom. The fourth-order valence-corrected chi connectivity index (χ4v) is 17.2. The molecule has 0 unspecified atom stereocenters. The van der Waals surface area contributed by atoms with Gasteiger partial charge in [-0.1, -0.05) is 84.9 Å². The highest BCUT2D eigenvalue weighted by Crippen LogP contribution is 2.41. The van der Waals surface area contributed by atoms with E-state index >= 15 is 4.79 Å². The zero-order chi connectivity index (χ0) is 99.5. The summed E-state index contributed by atoms with van der Waals surface area (Å²) in [6.45, 7) is -8.72. The van der Waals surface area contributed by atoms with Crippen molar-refractivity contribution in [3.63, 3.8) is 0 Å². The van der Waals surface area contributed by atoms with Crippen LogP contribution in [0.15, 0.2) is 146 Å². The molecule has 3 amide bonds. The smallest absolute Gasteiger partial charge is 0.338 e. The number of carbonyl (C=O) groups excluding carboxylic acids is 7. The number of aliphatic hydroxyl groups excluding tert-OH is 20. The third-order valence-corrected chi connectivity index (χ3v) is 24.8. The Hall–Kier alpha value is -9.21. The number of amides is 3. The number of aromatic hydroxyl groups is 1. The molecule has 50 nitrogen and oxygen atoms in total. The molecule has 14 bridgehead atoms. The Labute approximate surface area is 788 Å². The van der Waals surface area contributed by atoms with Crippen LogP contribution in [0.2, 0.25) is 0 Å². The summed E-state index contributed by atoms with van der Waals surface area (Å²) in [5.74, 6) is -7.76. The van der Waals surface area contributed by atoms with E-state index in [0.717, 1.165) is 0 Å². The van der Waals surface area contributed by atoms with Gasteiger partial charge in [0.1, 0.15) is 195 Å². The molecule has 22 aliphatic rings. The number of ether oxygens (including phenoxy) is 19. The van der Waals surface area contributed by atoms with Gasteiger partial charge in [0.25, 0.3) is 0 Å². The molecule has 764 valence electrons. The van der Waals surface area contributed by atoms with E-state index in [9.17, 15) is 136 Å². The quantitative estimate of drug-likeness (QED) is 0.0191. The molecule has 5 aromatic rings. The standard InChI is InChI=1S/C89H111N3O47/c93-29-44-68-55(104)62(111)85(125-44)136-70-46(31-95)127-87(64(113)57(70)106)138-72-48(33-97)129-89(66(115)59(72)108)139-73-49(34-98)128-88(65(114)58(73)107)137-71-47(32-96)126-86(63(112)56(71)105)135-69-45(30-94)124-84(61(110)54(69)103)133-67-43(123-83(134-68)60(109)53(67)102)28-90-51(100)25-26-52(101)91-42(27-36-21-23-41(99)24-22-36)77(116)92-78-76(132-82(120)40-19-11-4-12-20-40)75(131-81(119)39-17-9-3-10-18-39)74(130-80(118)38-15-7-2-8-16-38)50(122-78)35-121-79(117)37-13-5-1-6-14-37/h1-24,42-50,53-76,78,83-89,93-99,102-115H,25-35H2,(H,90,100)(H,91,101)(H,92,116)/t42-,43-,44+,45-,46+,47-,48+,49-,50+,53+,54+,55-,56+,57+,58+,59+,60+,61+,62-,63+,64-,65+,66+,67+,68+,69+,70+,71+,72+,73+,74+,75-,76-,78+,83+,84+,85+,86+,87+,88+,89+/m0/s1. The van der Waals surface area contributed by atoms with Gasteiger partial charge in [0.2, 0.25) is 17.7 Å². The molecule has 27 rings (SSSR count). The molecule has 0 aliphatic carbocycles. The van der Waals surface area contributed by atoms with Crippen LogP contribution in [0.25, 0.3) is 0 Å². The highest BCUT2D eigenvalue weighted by atomic mass is 16.8. The van der Waals surface area contributed by atoms with E-state index in [1.807, 2.05) is 0 Å². The van der Waals surface area contributed by atoms with Crippen LogP contribution in [0.5, 0.6) is 5.75 Å². The molecule has 5 aromatic carbocycles. The third-order valence-electron chi connectivity index (χ3n) is 24.8. The molecule has 22 heterocycles. The normalized spacial score (nSPS) is 39.0. The molecular weight excluding hydrogens is 1860 g/mol. The predicted molar refractivity (Wildman–Crippen MR) is 448 cm³/mol. The first kappa shape index (κ1) is 106. The van der Waals surface area contributed by atoms with Crippen LogP contribution >= 0.6 is 0 Å². The largest absolute Gasteiger partial charge is 0.508 e. The number of carbonyl (C=O) groups is 7. The van der Waals surface area contributed by atoms with Crippen LogP contribution in [0.3, 0.4) is 0 Å². The van der Waals surface area contributed by atoms with Crippen LogP contribution in [0, 0.1) is 0 Å². The molecule has 41 atom stereocenters. The number of phenolic OH excluding ortho intramolecular Hbond substituents is 1. The average molecular weight is 1970 g/mol. The topological polar surface area (TPSA) is 756 Å². The zero-order valence-electron chi connectivity index (χ0n) is 73.3. The van der Waals surface area contributed by atoms with Gasteiger partial charge in [0, 0.05) is 25.8 Å². The van der Waals surface area contributed by atoms with Gasteiger partial charge >= 0.3 is 23.9 Å². The first-order chi connectivity index (χ1) is 66.7. The Bertz CT molecular complexity index is 4790. The average Bonchev–Trinajstić information content (AvgIpc) is 0.994. The summed E-state index contributed by atoms with van der Waals surface area (Å²) < 4.78 is 113. The minimum atomic E-state index is -2.46. The molecule has 0 aromatic heterocycles. The summed E-state index contributed by atoms with van der Waals surface area (Å²) in [6.07, 6.45) is -87.7. The van der Waals surface area contributed by atoms with E-state index in [2.05, 4.69) is 16.0 Å². The van der Waals surface area contributed by atoms with Crippen molar-refractivity contribution in [2.24, 2.45) is 0 Å². The van der Waals surface area contributed by atoms with Crippen molar-refractivity contribution in [2.45, 2.75) is 271 Å². The summed E-state index contributed by atoms with van der Waals surface area (Å²) in [7, 11) is 0. The first-order valence-electron chi connectivity index (χ1n) is 44.4. The van der Waals surface area contributed by atoms with E-state index in [4.69, 9.17) is 90.0 Å². The van der Waals surface area contributed by atoms with Gasteiger partial charge in [-0.2, -0.15) is 0 Å². The van der Waals surface area contributed by atoms with E-state index in [1.54, 1.807) is 36.4 Å². The molecule has 22 fully saturated rings. The fourth-order valence-electron chi connectivity index (χ4n) is 17.2. The second-order valence-electron chi connectivity index (χ2n) is 34.0. The Morgan fingerprint density at radius 2 is 0.568 bits per heavy atom. The number of benzene rings is 5. The number of aliphatic hydroxyl groups is 20. The number of nitrogens with one attached hydrogen (secondary N) is 3. The van der Waals surface area contributed by atoms with Gasteiger partial charge < -0.3 is 213 Å². The Morgan fingerprint density at radius 1 is 0.295 bits per heavy atom. The molecule has 24 N–H and O–H groups in total. The van der Waals surface area contributed by atoms with E-state index in [1.165, 1.54) is 109 Å². The summed E-state index contributed by atoms with van der Waals surface area (Å²) in [4.78, 5) is 101. The van der Waals surface area contributed by atoms with Gasteiger partial charge in [0.15, 0.2) is 68.6 Å². The lowest BCUT2D eigenvalue weighted by Gasteiger charge is -2.50. The minimum Gasteiger partial charge on any atom is -0.508 e. The number of hydrogen-bond acceptors (Lipinski definition) is 47. The third kappa shape index (κ3) is 24.3. The van der Waals surface area contributed by atoms with Crippen molar-refractivity contribution in [3.8, 4) is 5.75 Å². The van der Waals surface area contributed by atoms with Crippen molar-refractivity contribution < 1.29 is 231 Å². The molecule has 0 saturated carbocycles. The lowest BCUT2D eigenvalue weighted by molar-refractivity contribution is -0.396. The maximum Gasteiger partial charge on any atom is 0.338 e. The van der Waals surface area contributed by atoms with Crippen LogP contribution in [0.1, 0.15) is 59.8 Å². The molecular formula is C89H111N3O47. The number of esters is 4. The second-order valence-corrected chi connectivity index (χ2v) is 34.0. The highest BCUT2D eigenvalue weighted by molar-refractivity contribution is 5.93. The summed E-state index contributed by atoms with van der Waals surface area (Å²) in [6, 6.07) is 33.0. The van der Waals surface area contributed by atoms with Crippen molar-refractivity contribution in [3.05, 3.63) is 173 Å². The maximum absolute atomic E-state index is 15.4. The summed E-state index contributed by atoms with van der Waals surface area (Å²) >= 11 is 0. The van der Waals surface area contributed by atoms with E-state index in [0.29, 0.717) is 0 Å². The highest BCUT2D eigenvalue weighted by Gasteiger charge is 2.62. The van der Waals surface area contributed by atoms with E-state index < -0.39 is 365 Å². The summed E-state index contributed by atoms with van der Waals surface area (Å²) in [5, 5.41) is 247. The molecule has 139 heavy (non-hydrogen) atoms. The fraction of sp³-hybridized carbons (Fsp3) is 0.584. The lowest BCUT2D eigenvalue weighted by atomic mass is 9.95. The van der Waals surface area contributed by atoms with Crippen molar-refractivity contribution in [1.29, 1.82) is 0 Å². The Balaban J connectivity index is 0.728. The molecule has 22 aliphatic heterocycles. The van der Waals surface area contributed by atoms with Crippen LogP contribution in [0.4, 0.5) is 0 Å². The molecule has 0 radical (unpaired) electrons.